The van der Waals surface area contributed by atoms with Crippen molar-refractivity contribution in [3.8, 4) is 0 Å². The fourth-order valence-corrected chi connectivity index (χ4v) is 2.52. The maximum Gasteiger partial charge on any atom is 0.325 e. The Bertz CT molecular complexity index is 815. The van der Waals surface area contributed by atoms with Crippen molar-refractivity contribution >= 4 is 39.4 Å². The summed E-state index contributed by atoms with van der Waals surface area (Å²) in [6, 6.07) is 9.43. The van der Waals surface area contributed by atoms with Gasteiger partial charge in [0.05, 0.1) is 7.11 Å². The van der Waals surface area contributed by atoms with Crippen molar-refractivity contribution in [2.45, 2.75) is 19.9 Å². The van der Waals surface area contributed by atoms with Crippen molar-refractivity contribution in [2.24, 2.45) is 0 Å². The Morgan fingerprint density at radius 3 is 2.54 bits per heavy atom. The second-order valence-corrected chi connectivity index (χ2v) is 6.52. The molecule has 2 rings (SSSR count). The van der Waals surface area contributed by atoms with Gasteiger partial charge in [0.15, 0.2) is 10.4 Å². The number of benzene rings is 1. The van der Waals surface area contributed by atoms with Crippen LogP contribution in [0.15, 0.2) is 45.5 Å². The third-order valence-electron chi connectivity index (χ3n) is 3.58. The lowest BCUT2D eigenvalue weighted by atomic mass is 10.1. The van der Waals surface area contributed by atoms with Crippen LogP contribution in [0, 0.1) is 0 Å². The average Bonchev–Trinajstić information content (AvgIpc) is 3.05. The summed E-state index contributed by atoms with van der Waals surface area (Å²) in [5, 5.41) is 2.67. The number of methoxy groups -OCH3 is 1. The monoisotopic (exact) mass is 422 g/mol. The van der Waals surface area contributed by atoms with E-state index in [0.29, 0.717) is 15.9 Å². The number of rotatable bonds is 6. The Morgan fingerprint density at radius 1 is 1.23 bits per heavy atom. The Hall–Kier alpha value is -2.61. The van der Waals surface area contributed by atoms with E-state index in [-0.39, 0.29) is 24.3 Å². The quantitative estimate of drug-likeness (QED) is 0.721. The first-order valence-electron chi connectivity index (χ1n) is 7.86. The van der Waals surface area contributed by atoms with Crippen molar-refractivity contribution in [1.82, 2.24) is 4.90 Å². The van der Waals surface area contributed by atoms with Crippen LogP contribution in [-0.2, 0) is 9.53 Å². The number of esters is 1. The number of hydrogen-bond donors (Lipinski definition) is 1. The molecule has 7 nitrogen and oxygen atoms in total. The first-order chi connectivity index (χ1) is 12.3. The minimum Gasteiger partial charge on any atom is -0.468 e. The molecule has 1 aromatic carbocycles. The summed E-state index contributed by atoms with van der Waals surface area (Å²) in [5.74, 6) is -1.12. The van der Waals surface area contributed by atoms with Crippen molar-refractivity contribution < 1.29 is 23.5 Å². The highest BCUT2D eigenvalue weighted by atomic mass is 79.9. The average molecular weight is 423 g/mol. The number of carbonyl (C=O) groups is 3. The van der Waals surface area contributed by atoms with Gasteiger partial charge in [-0.15, -0.1) is 0 Å². The third kappa shape index (κ3) is 4.95. The lowest BCUT2D eigenvalue weighted by Crippen LogP contribution is -2.41. The molecular weight excluding hydrogens is 404 g/mol. The van der Waals surface area contributed by atoms with E-state index in [1.165, 1.54) is 18.1 Å². The number of anilines is 1. The molecule has 0 bridgehead atoms. The molecule has 0 aliphatic carbocycles. The van der Waals surface area contributed by atoms with Crippen molar-refractivity contribution in [1.29, 1.82) is 0 Å². The van der Waals surface area contributed by atoms with E-state index in [2.05, 4.69) is 26.0 Å². The van der Waals surface area contributed by atoms with E-state index in [9.17, 15) is 14.4 Å². The number of halogens is 1. The molecule has 2 aromatic rings. The molecule has 1 aromatic heterocycles. The Labute approximate surface area is 159 Å². The van der Waals surface area contributed by atoms with Gasteiger partial charge >= 0.3 is 5.97 Å². The van der Waals surface area contributed by atoms with Crippen LogP contribution in [0.4, 0.5) is 5.69 Å². The van der Waals surface area contributed by atoms with Crippen LogP contribution in [0.3, 0.4) is 0 Å². The minimum absolute atomic E-state index is 0.142. The smallest absolute Gasteiger partial charge is 0.325 e. The lowest BCUT2D eigenvalue weighted by molar-refractivity contribution is -0.141. The summed E-state index contributed by atoms with van der Waals surface area (Å²) in [7, 11) is 1.27. The second kappa shape index (κ2) is 8.66. The second-order valence-electron chi connectivity index (χ2n) is 5.74. The van der Waals surface area contributed by atoms with Crippen LogP contribution >= 0.6 is 15.9 Å². The van der Waals surface area contributed by atoms with Crippen LogP contribution in [-0.4, -0.2) is 42.4 Å². The molecule has 0 aliphatic heterocycles. The van der Waals surface area contributed by atoms with E-state index in [1.54, 1.807) is 44.2 Å². The van der Waals surface area contributed by atoms with Gasteiger partial charge in [-0.25, -0.2) is 0 Å². The number of amides is 2. The number of hydrogen-bond acceptors (Lipinski definition) is 5. The first-order valence-corrected chi connectivity index (χ1v) is 8.65. The number of furan rings is 1. The van der Waals surface area contributed by atoms with Gasteiger partial charge in [-0.05, 0) is 60.1 Å². The normalized spacial score (nSPS) is 10.5. The molecule has 0 spiro atoms. The molecule has 138 valence electrons. The number of ether oxygens (including phenoxy) is 1. The maximum atomic E-state index is 12.7. The molecule has 2 amide bonds. The highest BCUT2D eigenvalue weighted by Gasteiger charge is 2.22. The topological polar surface area (TPSA) is 88.9 Å². The van der Waals surface area contributed by atoms with Gasteiger partial charge < -0.3 is 19.4 Å². The maximum absolute atomic E-state index is 12.7. The van der Waals surface area contributed by atoms with Crippen LogP contribution < -0.4 is 5.32 Å². The Morgan fingerprint density at radius 2 is 1.96 bits per heavy atom. The molecule has 1 N–H and O–H groups in total. The summed E-state index contributed by atoms with van der Waals surface area (Å²) in [5.41, 5.74) is 0.788. The Kier molecular flexibility index (Phi) is 6.57. The molecule has 0 saturated heterocycles. The van der Waals surface area contributed by atoms with Gasteiger partial charge in [0.2, 0.25) is 0 Å². The third-order valence-corrected chi connectivity index (χ3v) is 4.00. The molecule has 0 unspecified atom stereocenters. The summed E-state index contributed by atoms with van der Waals surface area (Å²) >= 11 is 3.14. The molecule has 0 fully saturated rings. The molecule has 1 heterocycles. The fraction of sp³-hybridized carbons (Fsp3) is 0.278. The van der Waals surface area contributed by atoms with Gasteiger partial charge in [-0.3, -0.25) is 14.4 Å². The fourth-order valence-electron chi connectivity index (χ4n) is 2.22. The predicted octanol–water partition coefficient (Wildman–Crippen LogP) is 3.32. The van der Waals surface area contributed by atoms with E-state index in [0.717, 1.165) is 0 Å². The summed E-state index contributed by atoms with van der Waals surface area (Å²) < 4.78 is 10.3. The van der Waals surface area contributed by atoms with Gasteiger partial charge in [-0.1, -0.05) is 6.07 Å². The lowest BCUT2D eigenvalue weighted by Gasteiger charge is -2.25. The minimum atomic E-state index is -0.500. The number of nitrogens with one attached hydrogen (secondary N) is 1. The number of nitrogens with zero attached hydrogens (tertiary/aromatic N) is 1. The first kappa shape index (κ1) is 19.7. The van der Waals surface area contributed by atoms with Gasteiger partial charge in [0.25, 0.3) is 11.8 Å². The van der Waals surface area contributed by atoms with Crippen LogP contribution in [0.5, 0.6) is 0 Å². The zero-order valence-corrected chi connectivity index (χ0v) is 16.2. The molecule has 0 radical (unpaired) electrons. The van der Waals surface area contributed by atoms with E-state index >= 15 is 0 Å². The molecule has 0 atom stereocenters. The molecule has 26 heavy (non-hydrogen) atoms. The standard InChI is InChI=1S/C18H19BrN2O5/c1-11(2)21(10-16(22)25-3)18(24)12-5-4-6-13(9-12)20-17(23)14-7-8-15(19)26-14/h4-9,11H,10H2,1-3H3,(H,20,23). The highest BCUT2D eigenvalue weighted by Crippen LogP contribution is 2.18. The van der Waals surface area contributed by atoms with Crippen LogP contribution in [0.2, 0.25) is 0 Å². The van der Waals surface area contributed by atoms with Gasteiger partial charge in [-0.2, -0.15) is 0 Å². The molecule has 0 aliphatic rings. The van der Waals surface area contributed by atoms with Crippen LogP contribution in [0.1, 0.15) is 34.8 Å². The SMILES string of the molecule is COC(=O)CN(C(=O)c1cccc(NC(=O)c2ccc(Br)o2)c1)C(C)C. The number of carbonyl (C=O) groups excluding carboxylic acids is 3. The van der Waals surface area contributed by atoms with Crippen molar-refractivity contribution in [2.75, 3.05) is 19.0 Å². The molecule has 8 heteroatoms. The van der Waals surface area contributed by atoms with E-state index < -0.39 is 11.9 Å². The predicted molar refractivity (Wildman–Crippen MR) is 99.0 cm³/mol. The summed E-state index contributed by atoms with van der Waals surface area (Å²) in [4.78, 5) is 37.8. The zero-order chi connectivity index (χ0) is 19.3. The summed E-state index contributed by atoms with van der Waals surface area (Å²) in [6.07, 6.45) is 0. The van der Waals surface area contributed by atoms with Crippen LogP contribution in [0.25, 0.3) is 0 Å². The summed E-state index contributed by atoms with van der Waals surface area (Å²) in [6.45, 7) is 3.46. The van der Waals surface area contributed by atoms with Gasteiger partial charge in [0, 0.05) is 17.3 Å². The van der Waals surface area contributed by atoms with E-state index in [1.807, 2.05) is 0 Å². The molecule has 0 saturated carbocycles. The van der Waals surface area contributed by atoms with Crippen molar-refractivity contribution in [3.63, 3.8) is 0 Å². The van der Waals surface area contributed by atoms with E-state index in [4.69, 9.17) is 4.42 Å². The Balaban J connectivity index is 2.17. The molecular formula is C18H19BrN2O5. The van der Waals surface area contributed by atoms with Gasteiger partial charge in [0.1, 0.15) is 6.54 Å². The van der Waals surface area contributed by atoms with Crippen molar-refractivity contribution in [3.05, 3.63) is 52.4 Å². The highest BCUT2D eigenvalue weighted by molar-refractivity contribution is 9.10. The largest absolute Gasteiger partial charge is 0.468 e. The zero-order valence-electron chi connectivity index (χ0n) is 14.6.